The van der Waals surface area contributed by atoms with E-state index in [2.05, 4.69) is 16.0 Å². The van der Waals surface area contributed by atoms with Crippen molar-refractivity contribution in [2.24, 2.45) is 0 Å². The number of nitrogen functional groups attached to an aromatic ring is 1. The van der Waals surface area contributed by atoms with Gasteiger partial charge in [0, 0.05) is 22.6 Å². The molecule has 11 nitrogen and oxygen atoms in total. The average molecular weight is 720 g/mol. The van der Waals surface area contributed by atoms with Crippen molar-refractivity contribution in [1.82, 2.24) is 20.9 Å². The lowest BCUT2D eigenvalue weighted by Gasteiger charge is -2.34. The van der Waals surface area contributed by atoms with Gasteiger partial charge in [0.1, 0.15) is 12.1 Å². The molecule has 1 fully saturated rings. The summed E-state index contributed by atoms with van der Waals surface area (Å²) in [5.74, 6) is -1.66. The number of nitrogens with zero attached hydrogens (tertiary/aromatic N) is 1. The highest BCUT2D eigenvalue weighted by atomic mass is 32.2. The molecule has 5 rings (SSSR count). The smallest absolute Gasteiger partial charge is 0.254 e. The highest BCUT2D eigenvalue weighted by Gasteiger charge is 2.51. The fraction of sp³-hybridized carbons (Fsp3) is 0.405. The van der Waals surface area contributed by atoms with Gasteiger partial charge in [0.15, 0.2) is 6.10 Å². The number of rotatable bonds is 13. The molecule has 50 heavy (non-hydrogen) atoms. The highest BCUT2D eigenvalue weighted by molar-refractivity contribution is 8.00. The second kappa shape index (κ2) is 16.3. The van der Waals surface area contributed by atoms with Crippen LogP contribution in [0.15, 0.2) is 78.9 Å². The lowest BCUT2D eigenvalue weighted by Crippen LogP contribution is -2.60. The minimum atomic E-state index is -1.71. The number of nitrogens with two attached hydrogens (primary N) is 1. The number of aliphatic hydroxyl groups is 2. The number of benzene rings is 3. The molecule has 4 amide bonds. The predicted molar refractivity (Wildman–Crippen MR) is 197 cm³/mol. The van der Waals surface area contributed by atoms with E-state index in [1.165, 1.54) is 28.4 Å². The number of nitrogens with one attached hydrogen (secondary N) is 3. The molecule has 0 radical (unpaired) electrons. The second-order valence-corrected chi connectivity index (χ2v) is 15.8. The number of anilines is 1. The van der Waals surface area contributed by atoms with Gasteiger partial charge in [-0.25, -0.2) is 0 Å². The molecule has 2 aliphatic rings. The normalized spacial score (nSPS) is 21.1. The Labute approximate surface area is 301 Å². The summed E-state index contributed by atoms with van der Waals surface area (Å²) in [5, 5.41) is 31.1. The lowest BCUT2D eigenvalue weighted by molar-refractivity contribution is -0.148. The number of hydrogen-bond acceptors (Lipinski definition) is 9. The molecule has 0 aromatic heterocycles. The summed E-state index contributed by atoms with van der Waals surface area (Å²) in [6, 6.07) is 20.0. The summed E-state index contributed by atoms with van der Waals surface area (Å²) in [4.78, 5) is 56.2. The van der Waals surface area contributed by atoms with Crippen LogP contribution < -0.4 is 21.7 Å². The molecule has 1 aliphatic carbocycles. The fourth-order valence-corrected chi connectivity index (χ4v) is 8.32. The van der Waals surface area contributed by atoms with Crippen molar-refractivity contribution in [3.8, 4) is 0 Å². The first-order valence-electron chi connectivity index (χ1n) is 16.5. The van der Waals surface area contributed by atoms with Gasteiger partial charge in [-0.2, -0.15) is 11.8 Å². The third-order valence-electron chi connectivity index (χ3n) is 9.14. The summed E-state index contributed by atoms with van der Waals surface area (Å²) < 4.78 is -0.710. The molecule has 1 saturated heterocycles. The molecule has 0 spiro atoms. The summed E-state index contributed by atoms with van der Waals surface area (Å²) >= 11 is 2.78. The SMILES string of the molecule is CSC[C@H](NC(=O)Cc1cccc(N)c1)C(=O)N[C@@H](Cc1ccccc1)[C@H](O)C(=O)N1CSC(C)(C)[C@H]1C(=O)N[C@H]1c2ccccc2C[C@H]1O. The highest BCUT2D eigenvalue weighted by Crippen LogP contribution is 2.41. The van der Waals surface area contributed by atoms with E-state index >= 15 is 0 Å². The van der Waals surface area contributed by atoms with Gasteiger partial charge in [0.25, 0.3) is 5.91 Å². The first-order valence-corrected chi connectivity index (χ1v) is 18.9. The molecule has 0 bridgehead atoms. The fourth-order valence-electron chi connectivity index (χ4n) is 6.61. The topological polar surface area (TPSA) is 174 Å². The Morgan fingerprint density at radius 2 is 1.70 bits per heavy atom. The quantitative estimate of drug-likeness (QED) is 0.145. The molecule has 1 heterocycles. The van der Waals surface area contributed by atoms with E-state index in [-0.39, 0.29) is 30.4 Å². The monoisotopic (exact) mass is 719 g/mol. The van der Waals surface area contributed by atoms with E-state index < -0.39 is 58.8 Å². The van der Waals surface area contributed by atoms with Crippen LogP contribution in [-0.2, 0) is 38.4 Å². The second-order valence-electron chi connectivity index (χ2n) is 13.3. The van der Waals surface area contributed by atoms with Crippen LogP contribution >= 0.6 is 23.5 Å². The first kappa shape index (κ1) is 37.2. The number of carbonyl (C=O) groups is 4. The third kappa shape index (κ3) is 8.81. The van der Waals surface area contributed by atoms with E-state index in [0.29, 0.717) is 17.7 Å². The molecule has 266 valence electrons. The summed E-state index contributed by atoms with van der Waals surface area (Å²) in [7, 11) is 0. The van der Waals surface area contributed by atoms with E-state index in [1.807, 2.05) is 74.7 Å². The van der Waals surface area contributed by atoms with Crippen LogP contribution in [0.5, 0.6) is 0 Å². The maximum atomic E-state index is 14.2. The van der Waals surface area contributed by atoms with Crippen molar-refractivity contribution in [2.45, 2.75) is 74.2 Å². The van der Waals surface area contributed by atoms with E-state index in [0.717, 1.165) is 16.7 Å². The molecule has 7 N–H and O–H groups in total. The van der Waals surface area contributed by atoms with Crippen LogP contribution in [0.4, 0.5) is 5.69 Å². The number of amides is 4. The van der Waals surface area contributed by atoms with Gasteiger partial charge in [0.05, 0.1) is 30.5 Å². The maximum Gasteiger partial charge on any atom is 0.254 e. The van der Waals surface area contributed by atoms with Crippen LogP contribution in [0.2, 0.25) is 0 Å². The molecule has 6 atom stereocenters. The Kier molecular flexibility index (Phi) is 12.2. The van der Waals surface area contributed by atoms with Crippen molar-refractivity contribution in [2.75, 3.05) is 23.6 Å². The largest absolute Gasteiger partial charge is 0.399 e. The number of hydrogen-bond donors (Lipinski definition) is 6. The third-order valence-corrected chi connectivity index (χ3v) is 11.2. The summed E-state index contributed by atoms with van der Waals surface area (Å²) in [6.45, 7) is 3.73. The number of thioether (sulfide) groups is 2. The van der Waals surface area contributed by atoms with Gasteiger partial charge in [-0.1, -0.05) is 66.7 Å². The zero-order chi connectivity index (χ0) is 36.0. The van der Waals surface area contributed by atoms with Gasteiger partial charge >= 0.3 is 0 Å². The lowest BCUT2D eigenvalue weighted by atomic mass is 9.96. The van der Waals surface area contributed by atoms with Crippen molar-refractivity contribution in [3.05, 3.63) is 101 Å². The van der Waals surface area contributed by atoms with Crippen molar-refractivity contribution in [1.29, 1.82) is 0 Å². The molecule has 3 aromatic carbocycles. The van der Waals surface area contributed by atoms with Gasteiger partial charge in [-0.05, 0) is 60.9 Å². The molecule has 0 unspecified atom stereocenters. The van der Waals surface area contributed by atoms with Crippen LogP contribution in [0.3, 0.4) is 0 Å². The minimum Gasteiger partial charge on any atom is -0.399 e. The van der Waals surface area contributed by atoms with E-state index in [4.69, 9.17) is 5.73 Å². The van der Waals surface area contributed by atoms with E-state index in [9.17, 15) is 29.4 Å². The van der Waals surface area contributed by atoms with Gasteiger partial charge in [-0.15, -0.1) is 11.8 Å². The van der Waals surface area contributed by atoms with Gasteiger partial charge in [0.2, 0.25) is 17.7 Å². The Morgan fingerprint density at radius 3 is 2.42 bits per heavy atom. The van der Waals surface area contributed by atoms with Crippen LogP contribution in [0.25, 0.3) is 0 Å². The molecular formula is C37H45N5O6S2. The Hall–Kier alpha value is -4.04. The van der Waals surface area contributed by atoms with Crippen molar-refractivity contribution in [3.63, 3.8) is 0 Å². The Balaban J connectivity index is 1.33. The van der Waals surface area contributed by atoms with Gasteiger partial charge < -0.3 is 36.8 Å². The molecular weight excluding hydrogens is 675 g/mol. The number of fused-ring (bicyclic) bond motifs is 1. The standard InChI is InChI=1S/C37H45N5O6S2/c1-37(2)33(35(47)41-31-26-15-8-7-13-24(26)19-29(31)43)42(21-50-37)36(48)32(45)27(17-22-10-5-4-6-11-22)40-34(46)28(20-49-3)39-30(44)18-23-12-9-14-25(38)16-23/h4-16,27-29,31-33,43,45H,17-21,38H2,1-3H3,(H,39,44)(H,40,46)(H,41,47)/t27-,28-,29+,31-,32-,33+/m0/s1. The zero-order valence-corrected chi connectivity index (χ0v) is 30.0. The van der Waals surface area contributed by atoms with Crippen molar-refractivity contribution >= 4 is 52.8 Å². The maximum absolute atomic E-state index is 14.2. The Bertz CT molecular complexity index is 1690. The molecule has 0 saturated carbocycles. The van der Waals surface area contributed by atoms with Crippen LogP contribution in [-0.4, -0.2) is 91.7 Å². The molecule has 1 aliphatic heterocycles. The number of carbonyl (C=O) groups excluding carboxylic acids is 4. The molecule has 3 aromatic rings. The first-order chi connectivity index (χ1) is 23.9. The van der Waals surface area contributed by atoms with E-state index in [1.54, 1.807) is 24.3 Å². The molecule has 13 heteroatoms. The number of aliphatic hydroxyl groups excluding tert-OH is 2. The summed E-state index contributed by atoms with van der Waals surface area (Å²) in [5.41, 5.74) is 9.64. The average Bonchev–Trinajstić information content (AvgIpc) is 3.58. The van der Waals surface area contributed by atoms with Crippen molar-refractivity contribution < 1.29 is 29.4 Å². The summed E-state index contributed by atoms with van der Waals surface area (Å²) in [6.07, 6.45) is -0.160. The predicted octanol–water partition coefficient (Wildman–Crippen LogP) is 2.20. The Morgan fingerprint density at radius 1 is 1.00 bits per heavy atom. The van der Waals surface area contributed by atoms with Gasteiger partial charge in [-0.3, -0.25) is 19.2 Å². The van der Waals surface area contributed by atoms with Crippen LogP contribution in [0.1, 0.15) is 42.1 Å². The minimum absolute atomic E-state index is 0.0209. The van der Waals surface area contributed by atoms with Crippen LogP contribution in [0, 0.1) is 0 Å². The zero-order valence-electron chi connectivity index (χ0n) is 28.4.